The van der Waals surface area contributed by atoms with Crippen LogP contribution in [-0.4, -0.2) is 24.9 Å². The molecule has 0 amide bonds. The molecule has 1 aliphatic rings. The summed E-state index contributed by atoms with van der Waals surface area (Å²) in [4.78, 5) is 0. The third-order valence-electron chi connectivity index (χ3n) is 4.27. The van der Waals surface area contributed by atoms with Gasteiger partial charge in [0.05, 0.1) is 22.8 Å². The number of hydrogen-bond donors (Lipinski definition) is 1. The number of nitriles is 1. The third-order valence-corrected chi connectivity index (χ3v) is 4.27. The Labute approximate surface area is 130 Å². The summed E-state index contributed by atoms with van der Waals surface area (Å²) in [5.74, 6) is -0.407. The fraction of sp³-hybridized carbons (Fsp3) is 0.438. The molecule has 6 heteroatoms. The van der Waals surface area contributed by atoms with Crippen molar-refractivity contribution in [1.82, 2.24) is 0 Å². The van der Waals surface area contributed by atoms with Crippen molar-refractivity contribution < 1.29 is 13.7 Å². The van der Waals surface area contributed by atoms with E-state index in [0.29, 0.717) is 16.6 Å². The fourth-order valence-electron chi connectivity index (χ4n) is 2.17. The second-order valence-electron chi connectivity index (χ2n) is 6.36. The second kappa shape index (κ2) is 5.84. The Hall–Kier alpha value is -1.68. The highest BCUT2D eigenvalue weighted by molar-refractivity contribution is 6.55. The van der Waals surface area contributed by atoms with Gasteiger partial charge in [-0.1, -0.05) is 6.08 Å². The number of nitrogens with zero attached hydrogens (tertiary/aromatic N) is 1. The molecule has 22 heavy (non-hydrogen) atoms. The molecule has 2 N–H and O–H groups in total. The van der Waals surface area contributed by atoms with Gasteiger partial charge in [-0.2, -0.15) is 5.26 Å². The van der Waals surface area contributed by atoms with Crippen LogP contribution in [0, 0.1) is 17.1 Å². The van der Waals surface area contributed by atoms with Gasteiger partial charge in [0.1, 0.15) is 5.82 Å². The van der Waals surface area contributed by atoms with E-state index >= 15 is 0 Å². The van der Waals surface area contributed by atoms with Crippen LogP contribution in [0.2, 0.25) is 0 Å². The lowest BCUT2D eigenvalue weighted by Gasteiger charge is -2.32. The van der Waals surface area contributed by atoms with Gasteiger partial charge in [0.2, 0.25) is 0 Å². The van der Waals surface area contributed by atoms with Gasteiger partial charge >= 0.3 is 7.12 Å². The minimum absolute atomic E-state index is 0.193. The Morgan fingerprint density at radius 2 is 1.91 bits per heavy atom. The lowest BCUT2D eigenvalue weighted by atomic mass is 9.77. The lowest BCUT2D eigenvalue weighted by Crippen LogP contribution is -2.41. The molecule has 0 bridgehead atoms. The van der Waals surface area contributed by atoms with Crippen LogP contribution >= 0.6 is 0 Å². The van der Waals surface area contributed by atoms with Crippen molar-refractivity contribution in [3.63, 3.8) is 0 Å². The van der Waals surface area contributed by atoms with E-state index < -0.39 is 24.1 Å². The van der Waals surface area contributed by atoms with E-state index in [1.54, 1.807) is 6.08 Å². The van der Waals surface area contributed by atoms with Gasteiger partial charge in [-0.05, 0) is 56.9 Å². The Morgan fingerprint density at radius 3 is 2.41 bits per heavy atom. The highest BCUT2D eigenvalue weighted by Crippen LogP contribution is 2.38. The molecule has 0 radical (unpaired) electrons. The van der Waals surface area contributed by atoms with Crippen LogP contribution in [0.4, 0.5) is 4.39 Å². The average molecular weight is 302 g/mol. The predicted molar refractivity (Wildman–Crippen MR) is 84.2 cm³/mol. The van der Waals surface area contributed by atoms with E-state index in [-0.39, 0.29) is 6.54 Å². The molecule has 0 saturated carbocycles. The summed E-state index contributed by atoms with van der Waals surface area (Å²) in [5.41, 5.74) is 6.36. The second-order valence-corrected chi connectivity index (χ2v) is 6.36. The number of hydrogen-bond acceptors (Lipinski definition) is 4. The van der Waals surface area contributed by atoms with Crippen LogP contribution in [0.3, 0.4) is 0 Å². The topological polar surface area (TPSA) is 68.3 Å². The van der Waals surface area contributed by atoms with E-state index in [9.17, 15) is 4.39 Å². The Morgan fingerprint density at radius 1 is 1.32 bits per heavy atom. The molecule has 1 aromatic carbocycles. The first-order valence-corrected chi connectivity index (χ1v) is 7.16. The summed E-state index contributed by atoms with van der Waals surface area (Å²) < 4.78 is 25.3. The zero-order valence-corrected chi connectivity index (χ0v) is 13.3. The summed E-state index contributed by atoms with van der Waals surface area (Å²) in [7, 11) is -0.607. The van der Waals surface area contributed by atoms with Crippen molar-refractivity contribution >= 4 is 13.2 Å². The largest absolute Gasteiger partial charge is 0.491 e. The first-order valence-electron chi connectivity index (χ1n) is 7.16. The fourth-order valence-corrected chi connectivity index (χ4v) is 2.17. The molecule has 1 saturated heterocycles. The van der Waals surface area contributed by atoms with Crippen molar-refractivity contribution in [2.75, 3.05) is 6.54 Å². The molecule has 0 aliphatic carbocycles. The smallest absolute Gasteiger partial charge is 0.400 e. The minimum Gasteiger partial charge on any atom is -0.400 e. The number of halogens is 1. The maximum atomic E-state index is 13.4. The Kier molecular flexibility index (Phi) is 4.43. The van der Waals surface area contributed by atoms with Gasteiger partial charge in [0.15, 0.2) is 0 Å². The molecule has 116 valence electrons. The number of nitrogens with two attached hydrogens (primary N) is 1. The van der Waals surface area contributed by atoms with Crippen LogP contribution < -0.4 is 5.73 Å². The summed E-state index contributed by atoms with van der Waals surface area (Å²) in [5, 5.41) is 9.13. The van der Waals surface area contributed by atoms with E-state index in [4.69, 9.17) is 20.3 Å². The Balaban J connectivity index is 2.38. The standard InChI is InChI=1S/C16H20BFN2O2/c1-15(2)16(3,4)22-17(21-15)13(10-20)7-12-8-14(18)6-5-11(12)9-19/h5-8H,10,20H2,1-4H3. The van der Waals surface area contributed by atoms with Gasteiger partial charge < -0.3 is 15.0 Å². The van der Waals surface area contributed by atoms with Crippen LogP contribution in [-0.2, 0) is 9.31 Å². The molecule has 0 atom stereocenters. The normalized spacial score (nSPS) is 20.0. The highest BCUT2D eigenvalue weighted by Gasteiger charge is 2.52. The van der Waals surface area contributed by atoms with E-state index in [2.05, 4.69) is 0 Å². The molecule has 1 fully saturated rings. The molecule has 1 aliphatic heterocycles. The van der Waals surface area contributed by atoms with Crippen molar-refractivity contribution in [2.45, 2.75) is 38.9 Å². The Bertz CT molecular complexity index is 634. The average Bonchev–Trinajstić information content (AvgIpc) is 2.64. The van der Waals surface area contributed by atoms with Crippen molar-refractivity contribution in [2.24, 2.45) is 5.73 Å². The van der Waals surface area contributed by atoms with Gasteiger partial charge in [0, 0.05) is 6.54 Å². The van der Waals surface area contributed by atoms with Crippen LogP contribution in [0.5, 0.6) is 0 Å². The quantitative estimate of drug-likeness (QED) is 0.872. The highest BCUT2D eigenvalue weighted by atomic mass is 19.1. The van der Waals surface area contributed by atoms with Gasteiger partial charge in [-0.25, -0.2) is 4.39 Å². The minimum atomic E-state index is -0.607. The SMILES string of the molecule is CC1(C)OB(C(=Cc2cc(F)ccc2C#N)CN)OC1(C)C. The predicted octanol–water partition coefficient (Wildman–Crippen LogP) is 2.67. The van der Waals surface area contributed by atoms with Crippen molar-refractivity contribution in [3.8, 4) is 6.07 Å². The number of rotatable bonds is 3. The zero-order valence-electron chi connectivity index (χ0n) is 13.3. The molecule has 4 nitrogen and oxygen atoms in total. The maximum absolute atomic E-state index is 13.4. The molecule has 0 aromatic heterocycles. The van der Waals surface area contributed by atoms with E-state index in [1.807, 2.05) is 33.8 Å². The monoisotopic (exact) mass is 302 g/mol. The van der Waals surface area contributed by atoms with E-state index in [1.165, 1.54) is 18.2 Å². The van der Waals surface area contributed by atoms with Crippen molar-refractivity contribution in [3.05, 3.63) is 40.6 Å². The van der Waals surface area contributed by atoms with Crippen molar-refractivity contribution in [1.29, 1.82) is 5.26 Å². The molecular formula is C16H20BFN2O2. The number of benzene rings is 1. The molecular weight excluding hydrogens is 282 g/mol. The summed E-state index contributed by atoms with van der Waals surface area (Å²) >= 11 is 0. The van der Waals surface area contributed by atoms with Crippen LogP contribution in [0.25, 0.3) is 6.08 Å². The summed E-state index contributed by atoms with van der Waals surface area (Å²) in [6.45, 7) is 7.99. The van der Waals surface area contributed by atoms with Crippen LogP contribution in [0.15, 0.2) is 23.7 Å². The first-order chi connectivity index (χ1) is 10.2. The zero-order chi connectivity index (χ0) is 16.5. The first kappa shape index (κ1) is 16.7. The van der Waals surface area contributed by atoms with Gasteiger partial charge in [-0.3, -0.25) is 0 Å². The molecule has 1 heterocycles. The van der Waals surface area contributed by atoms with Crippen LogP contribution in [0.1, 0.15) is 38.8 Å². The van der Waals surface area contributed by atoms with E-state index in [0.717, 1.165) is 0 Å². The molecule has 0 unspecified atom stereocenters. The molecule has 1 aromatic rings. The third kappa shape index (κ3) is 3.07. The summed E-state index contributed by atoms with van der Waals surface area (Å²) in [6.07, 6.45) is 1.67. The molecule has 2 rings (SSSR count). The lowest BCUT2D eigenvalue weighted by molar-refractivity contribution is 0.00578. The van der Waals surface area contributed by atoms with Gasteiger partial charge in [0.25, 0.3) is 0 Å². The molecule has 0 spiro atoms. The summed E-state index contributed by atoms with van der Waals surface area (Å²) in [6, 6.07) is 6.05. The van der Waals surface area contributed by atoms with Gasteiger partial charge in [-0.15, -0.1) is 0 Å². The maximum Gasteiger partial charge on any atom is 0.491 e.